The van der Waals surface area contributed by atoms with Gasteiger partial charge in [-0.25, -0.2) is 19.6 Å². The minimum Gasteiger partial charge on any atom is -0.458 e. The molecule has 0 aliphatic carbocycles. The molecule has 8 rings (SSSR count). The maximum atomic E-state index is 13.4. The molecule has 2 fully saturated rings. The van der Waals surface area contributed by atoms with E-state index in [0.717, 1.165) is 64.8 Å². The van der Waals surface area contributed by atoms with Crippen LogP contribution in [0.1, 0.15) is 84.9 Å². The average Bonchev–Trinajstić information content (AvgIpc) is 3.86. The van der Waals surface area contributed by atoms with Gasteiger partial charge in [-0.1, -0.05) is 12.1 Å². The van der Waals surface area contributed by atoms with Crippen molar-refractivity contribution >= 4 is 66.2 Å². The Morgan fingerprint density at radius 1 is 0.820 bits per heavy atom. The second-order valence-electron chi connectivity index (χ2n) is 15.4. The van der Waals surface area contributed by atoms with Gasteiger partial charge in [0.15, 0.2) is 5.54 Å². The highest BCUT2D eigenvalue weighted by atomic mass is 32.1. The molecular weight excluding hydrogens is 669 g/mol. The highest BCUT2D eigenvalue weighted by Gasteiger charge is 2.48. The average molecular weight is 711 g/mol. The van der Waals surface area contributed by atoms with E-state index >= 15 is 0 Å². The van der Waals surface area contributed by atoms with E-state index in [0.29, 0.717) is 18.8 Å². The van der Waals surface area contributed by atoms with Gasteiger partial charge in [0, 0.05) is 25.7 Å². The number of amides is 1. The molecule has 0 spiro atoms. The zero-order chi connectivity index (χ0) is 35.0. The number of imidazole rings is 2. The number of rotatable bonds is 5. The number of carbonyl (C=O) groups is 2. The summed E-state index contributed by atoms with van der Waals surface area (Å²) in [5.41, 5.74) is 3.69. The van der Waals surface area contributed by atoms with Crippen molar-refractivity contribution in [2.45, 2.75) is 90.0 Å². The maximum absolute atomic E-state index is 13.4. The van der Waals surface area contributed by atoms with Crippen LogP contribution in [0.4, 0.5) is 4.79 Å². The first kappa shape index (κ1) is 32.9. The van der Waals surface area contributed by atoms with E-state index in [2.05, 4.69) is 57.7 Å². The molecule has 4 aromatic heterocycles. The Bertz CT molecular complexity index is 2230. The van der Waals surface area contributed by atoms with Gasteiger partial charge in [-0.2, -0.15) is 0 Å². The number of ether oxygens (including phenoxy) is 2. The monoisotopic (exact) mass is 710 g/mol. The van der Waals surface area contributed by atoms with Gasteiger partial charge >= 0.3 is 12.1 Å². The topological polar surface area (TPSA) is 125 Å². The van der Waals surface area contributed by atoms with Gasteiger partial charge in [-0.15, -0.1) is 22.7 Å². The lowest BCUT2D eigenvalue weighted by Crippen LogP contribution is -2.48. The molecule has 260 valence electrons. The highest BCUT2D eigenvalue weighted by molar-refractivity contribution is 7.31. The van der Waals surface area contributed by atoms with Crippen molar-refractivity contribution in [3.63, 3.8) is 0 Å². The summed E-state index contributed by atoms with van der Waals surface area (Å²) >= 11 is 3.54. The third-order valence-electron chi connectivity index (χ3n) is 9.26. The number of hydrogen-bond donors (Lipinski definition) is 3. The van der Waals surface area contributed by atoms with E-state index in [9.17, 15) is 9.59 Å². The van der Waals surface area contributed by atoms with E-state index in [-0.39, 0.29) is 18.1 Å². The van der Waals surface area contributed by atoms with Crippen molar-refractivity contribution in [3.05, 3.63) is 60.2 Å². The van der Waals surface area contributed by atoms with Gasteiger partial charge in [0.2, 0.25) is 0 Å². The molecule has 50 heavy (non-hydrogen) atoms. The lowest BCUT2D eigenvalue weighted by Gasteiger charge is -2.29. The summed E-state index contributed by atoms with van der Waals surface area (Å²) in [6.45, 7) is 12.7. The number of likely N-dealkylation sites (tertiary alicyclic amines) is 1. The van der Waals surface area contributed by atoms with Crippen LogP contribution in [-0.4, -0.2) is 61.2 Å². The van der Waals surface area contributed by atoms with Crippen LogP contribution in [0, 0.1) is 0 Å². The summed E-state index contributed by atoms with van der Waals surface area (Å²) in [4.78, 5) is 47.2. The molecule has 3 N–H and O–H groups in total. The van der Waals surface area contributed by atoms with E-state index < -0.39 is 16.7 Å². The fourth-order valence-electron chi connectivity index (χ4n) is 6.99. The lowest BCUT2D eigenvalue weighted by atomic mass is 9.96. The van der Waals surface area contributed by atoms with E-state index in [1.54, 1.807) is 27.6 Å². The van der Waals surface area contributed by atoms with Gasteiger partial charge in [0.05, 0.1) is 28.1 Å². The molecule has 2 saturated heterocycles. The van der Waals surface area contributed by atoms with Crippen molar-refractivity contribution in [1.82, 2.24) is 30.2 Å². The van der Waals surface area contributed by atoms with Crippen molar-refractivity contribution in [1.29, 1.82) is 0 Å². The minimum atomic E-state index is -0.966. The van der Waals surface area contributed by atoms with Crippen LogP contribution in [0.15, 0.2) is 48.5 Å². The quantitative estimate of drug-likeness (QED) is 0.153. The Hall–Kier alpha value is -4.26. The Morgan fingerprint density at radius 2 is 1.52 bits per heavy atom. The largest absolute Gasteiger partial charge is 0.458 e. The van der Waals surface area contributed by atoms with Crippen LogP contribution >= 0.6 is 22.7 Å². The number of fused-ring (bicyclic) bond motifs is 3. The molecule has 6 heterocycles. The normalized spacial score (nSPS) is 20.0. The molecule has 2 unspecified atom stereocenters. The fraction of sp³-hybridized carbons (Fsp3) is 0.421. The summed E-state index contributed by atoms with van der Waals surface area (Å²) in [7, 11) is 0. The zero-order valence-electron chi connectivity index (χ0n) is 29.2. The molecule has 0 saturated carbocycles. The summed E-state index contributed by atoms with van der Waals surface area (Å²) in [6.07, 6.45) is 3.00. The van der Waals surface area contributed by atoms with Crippen LogP contribution in [0.2, 0.25) is 0 Å². The van der Waals surface area contributed by atoms with Crippen molar-refractivity contribution in [2.75, 3.05) is 13.1 Å². The molecule has 2 atom stereocenters. The van der Waals surface area contributed by atoms with Gasteiger partial charge in [0.1, 0.15) is 22.9 Å². The molecule has 2 aliphatic heterocycles. The van der Waals surface area contributed by atoms with Gasteiger partial charge in [0.25, 0.3) is 0 Å². The predicted octanol–water partition coefficient (Wildman–Crippen LogP) is 9.04. The number of H-pyrrole nitrogens is 2. The number of carbonyl (C=O) groups excluding carboxylic acids is 2. The van der Waals surface area contributed by atoms with Crippen molar-refractivity contribution in [3.8, 4) is 20.9 Å². The van der Waals surface area contributed by atoms with Gasteiger partial charge < -0.3 is 19.4 Å². The Morgan fingerprint density at radius 3 is 2.20 bits per heavy atom. The number of aromatic nitrogens is 4. The highest BCUT2D eigenvalue weighted by Crippen LogP contribution is 2.43. The standard InChI is InChI=1S/C38H42N6O4S2/c1-36(2,3)47-34(45)38(14-8-15-39-38)33-42-24-13-11-22(18-26(24)43-33)29-20-31-30(50-29)19-28(49-31)21-10-12-23-25(17-21)41-32(40-23)27-9-7-16-44(27)35(46)48-37(4,5)6/h10-13,17-20,27,39H,7-9,14-16H2,1-6H3,(H,40,41)(H,42,43). The van der Waals surface area contributed by atoms with Crippen LogP contribution in [0.3, 0.4) is 0 Å². The van der Waals surface area contributed by atoms with Gasteiger partial charge in [-0.05, 0) is 121 Å². The lowest BCUT2D eigenvalue weighted by molar-refractivity contribution is -0.163. The predicted molar refractivity (Wildman–Crippen MR) is 200 cm³/mol. The summed E-state index contributed by atoms with van der Waals surface area (Å²) in [5.74, 6) is 1.12. The number of aromatic amines is 2. The van der Waals surface area contributed by atoms with Crippen LogP contribution in [0.5, 0.6) is 0 Å². The summed E-state index contributed by atoms with van der Waals surface area (Å²) in [6, 6.07) is 17.0. The molecule has 0 bridgehead atoms. The maximum Gasteiger partial charge on any atom is 0.410 e. The van der Waals surface area contributed by atoms with Crippen LogP contribution in [-0.2, 0) is 19.8 Å². The molecule has 1 amide bonds. The SMILES string of the molecule is CC(C)(C)OC(=O)N1CCCC1c1nc2cc(-c3cc4sc(-c5ccc6nc(C7(C(=O)OC(C)(C)C)CCCN7)[nH]c6c5)cc4s3)ccc2[nH]1. The Kier molecular flexibility index (Phi) is 7.85. The smallest absolute Gasteiger partial charge is 0.410 e. The van der Waals surface area contributed by atoms with E-state index in [1.165, 1.54) is 19.2 Å². The Labute approximate surface area is 298 Å². The molecule has 12 heteroatoms. The first-order chi connectivity index (χ1) is 23.7. The molecule has 2 aliphatic rings. The molecule has 6 aromatic rings. The second kappa shape index (κ2) is 11.9. The summed E-state index contributed by atoms with van der Waals surface area (Å²) in [5, 5.41) is 3.40. The van der Waals surface area contributed by atoms with Crippen LogP contribution < -0.4 is 5.32 Å². The zero-order valence-corrected chi connectivity index (χ0v) is 30.9. The number of nitrogens with one attached hydrogen (secondary N) is 3. The number of thiophene rings is 2. The number of esters is 1. The number of hydrogen-bond acceptors (Lipinski definition) is 9. The molecular formula is C38H42N6O4S2. The third kappa shape index (κ3) is 6.07. The van der Waals surface area contributed by atoms with E-state index in [1.807, 2.05) is 47.6 Å². The number of benzene rings is 2. The van der Waals surface area contributed by atoms with E-state index in [4.69, 9.17) is 19.4 Å². The van der Waals surface area contributed by atoms with Crippen LogP contribution in [0.25, 0.3) is 52.3 Å². The minimum absolute atomic E-state index is 0.121. The molecule has 0 radical (unpaired) electrons. The number of nitrogens with zero attached hydrogens (tertiary/aromatic N) is 3. The first-order valence-electron chi connectivity index (χ1n) is 17.3. The first-order valence-corrected chi connectivity index (χ1v) is 18.9. The molecule has 2 aromatic carbocycles. The fourth-order valence-corrected chi connectivity index (χ4v) is 9.38. The van der Waals surface area contributed by atoms with Gasteiger partial charge in [-0.3, -0.25) is 10.2 Å². The molecule has 10 nitrogen and oxygen atoms in total. The van der Waals surface area contributed by atoms with Crippen molar-refractivity contribution in [2.24, 2.45) is 0 Å². The summed E-state index contributed by atoms with van der Waals surface area (Å²) < 4.78 is 13.9. The Balaban J connectivity index is 1.03. The van der Waals surface area contributed by atoms with Crippen molar-refractivity contribution < 1.29 is 19.1 Å². The second-order valence-corrected chi connectivity index (χ2v) is 17.6. The third-order valence-corrected chi connectivity index (χ3v) is 11.7.